The second-order valence-corrected chi connectivity index (χ2v) is 5.22. The van der Waals surface area contributed by atoms with Crippen molar-refractivity contribution in [3.05, 3.63) is 29.6 Å². The molecule has 1 heterocycles. The molecular weight excluding hydrogens is 198 g/mol. The first-order valence-electron chi connectivity index (χ1n) is 6.25. The molecule has 3 unspecified atom stereocenters. The van der Waals surface area contributed by atoms with Crippen molar-refractivity contribution in [2.24, 2.45) is 11.8 Å². The average molecular weight is 219 g/mol. The van der Waals surface area contributed by atoms with Crippen LogP contribution in [-0.4, -0.2) is 16.2 Å². The van der Waals surface area contributed by atoms with Crippen molar-refractivity contribution >= 4 is 0 Å². The fourth-order valence-corrected chi connectivity index (χ4v) is 2.68. The molecule has 1 aliphatic carbocycles. The molecule has 1 aliphatic rings. The summed E-state index contributed by atoms with van der Waals surface area (Å²) in [4.78, 5) is 4.52. The first kappa shape index (κ1) is 11.6. The van der Waals surface area contributed by atoms with E-state index in [1.165, 1.54) is 6.42 Å². The third-order valence-electron chi connectivity index (χ3n) is 3.62. The van der Waals surface area contributed by atoms with Crippen LogP contribution in [0.2, 0.25) is 0 Å². The van der Waals surface area contributed by atoms with Gasteiger partial charge in [0.15, 0.2) is 0 Å². The number of aliphatic hydroxyl groups excluding tert-OH is 1. The zero-order valence-electron chi connectivity index (χ0n) is 10.2. The van der Waals surface area contributed by atoms with Crippen molar-refractivity contribution in [2.75, 3.05) is 0 Å². The van der Waals surface area contributed by atoms with Crippen LogP contribution in [0, 0.1) is 18.8 Å². The fraction of sp³-hybridized carbons (Fsp3) is 0.643. The molecule has 88 valence electrons. The summed E-state index contributed by atoms with van der Waals surface area (Å²) in [6.45, 7) is 4.30. The summed E-state index contributed by atoms with van der Waals surface area (Å²) in [5.41, 5.74) is 2.19. The summed E-state index contributed by atoms with van der Waals surface area (Å²) in [6.07, 6.45) is 4.05. The van der Waals surface area contributed by atoms with E-state index in [1.807, 2.05) is 13.0 Å². The first-order valence-corrected chi connectivity index (χ1v) is 6.25. The van der Waals surface area contributed by atoms with Crippen molar-refractivity contribution in [3.8, 4) is 0 Å². The van der Waals surface area contributed by atoms with Crippen LogP contribution in [-0.2, 0) is 6.42 Å². The summed E-state index contributed by atoms with van der Waals surface area (Å²) >= 11 is 0. The Kier molecular flexibility index (Phi) is 3.59. The Morgan fingerprint density at radius 1 is 1.38 bits per heavy atom. The minimum atomic E-state index is -0.126. The molecule has 16 heavy (non-hydrogen) atoms. The molecule has 2 nitrogen and oxygen atoms in total. The molecule has 3 atom stereocenters. The van der Waals surface area contributed by atoms with E-state index in [9.17, 15) is 5.11 Å². The number of hydrogen-bond acceptors (Lipinski definition) is 2. The fourth-order valence-electron chi connectivity index (χ4n) is 2.68. The normalized spacial score (nSPS) is 30.3. The summed E-state index contributed by atoms with van der Waals surface area (Å²) in [6, 6.07) is 6.14. The molecule has 0 saturated heterocycles. The Balaban J connectivity index is 2.02. The van der Waals surface area contributed by atoms with Crippen molar-refractivity contribution < 1.29 is 5.11 Å². The summed E-state index contributed by atoms with van der Waals surface area (Å²) in [5, 5.41) is 9.99. The Labute approximate surface area is 97.7 Å². The lowest BCUT2D eigenvalue weighted by molar-refractivity contribution is 0.0514. The Bertz CT molecular complexity index is 350. The van der Waals surface area contributed by atoms with Crippen LogP contribution in [0.1, 0.15) is 37.6 Å². The van der Waals surface area contributed by atoms with Gasteiger partial charge in [0.05, 0.1) is 6.10 Å². The van der Waals surface area contributed by atoms with E-state index in [0.29, 0.717) is 5.92 Å². The van der Waals surface area contributed by atoms with Crippen molar-refractivity contribution in [3.63, 3.8) is 0 Å². The molecule has 0 spiro atoms. The first-order chi connectivity index (χ1) is 7.65. The van der Waals surface area contributed by atoms with E-state index in [4.69, 9.17) is 0 Å². The van der Waals surface area contributed by atoms with Crippen molar-refractivity contribution in [1.82, 2.24) is 4.98 Å². The molecule has 0 amide bonds. The van der Waals surface area contributed by atoms with E-state index in [2.05, 4.69) is 24.0 Å². The number of aliphatic hydroxyl groups is 1. The summed E-state index contributed by atoms with van der Waals surface area (Å²) in [7, 11) is 0. The van der Waals surface area contributed by atoms with Crippen molar-refractivity contribution in [2.45, 2.75) is 45.6 Å². The maximum absolute atomic E-state index is 9.99. The quantitative estimate of drug-likeness (QED) is 0.829. The van der Waals surface area contributed by atoms with Crippen LogP contribution in [0.3, 0.4) is 0 Å². The van der Waals surface area contributed by atoms with Gasteiger partial charge in [-0.05, 0) is 56.6 Å². The summed E-state index contributed by atoms with van der Waals surface area (Å²) in [5.74, 6) is 1.15. The molecule has 1 aromatic rings. The van der Waals surface area contributed by atoms with Crippen LogP contribution in [0.15, 0.2) is 18.2 Å². The molecule has 0 bridgehead atoms. The van der Waals surface area contributed by atoms with Crippen LogP contribution in [0.4, 0.5) is 0 Å². The highest BCUT2D eigenvalue weighted by molar-refractivity contribution is 5.11. The predicted octanol–water partition coefficient (Wildman–Crippen LogP) is 2.73. The number of pyridine rings is 1. The standard InChI is InChI=1S/C14H21NO/c1-10-6-7-14(16)12(8-10)9-13-5-3-4-11(2)15-13/h3-5,10,12,14,16H,6-9H2,1-2H3. The number of nitrogens with zero attached hydrogens (tertiary/aromatic N) is 1. The highest BCUT2D eigenvalue weighted by atomic mass is 16.3. The van der Waals surface area contributed by atoms with Gasteiger partial charge in [-0.25, -0.2) is 0 Å². The molecule has 0 aromatic carbocycles. The van der Waals surface area contributed by atoms with Gasteiger partial charge >= 0.3 is 0 Å². The Morgan fingerprint density at radius 3 is 2.94 bits per heavy atom. The smallest absolute Gasteiger partial charge is 0.0572 e. The minimum absolute atomic E-state index is 0.126. The average Bonchev–Trinajstić information content (AvgIpc) is 2.24. The van der Waals surface area contributed by atoms with E-state index < -0.39 is 0 Å². The van der Waals surface area contributed by atoms with Crippen molar-refractivity contribution in [1.29, 1.82) is 0 Å². The van der Waals surface area contributed by atoms with Gasteiger partial charge in [-0.15, -0.1) is 0 Å². The molecular formula is C14H21NO. The molecule has 2 rings (SSSR count). The lowest BCUT2D eigenvalue weighted by Gasteiger charge is -2.31. The maximum atomic E-state index is 9.99. The topological polar surface area (TPSA) is 33.1 Å². The number of rotatable bonds is 2. The van der Waals surface area contributed by atoms with Gasteiger partial charge in [0.2, 0.25) is 0 Å². The third kappa shape index (κ3) is 2.82. The van der Waals surface area contributed by atoms with Gasteiger partial charge in [0, 0.05) is 11.4 Å². The van der Waals surface area contributed by atoms with Gasteiger partial charge < -0.3 is 5.11 Å². The molecule has 0 aliphatic heterocycles. The highest BCUT2D eigenvalue weighted by Gasteiger charge is 2.27. The van der Waals surface area contributed by atoms with Gasteiger partial charge in [0.25, 0.3) is 0 Å². The Morgan fingerprint density at radius 2 is 2.19 bits per heavy atom. The number of aromatic nitrogens is 1. The molecule has 2 heteroatoms. The molecule has 1 fully saturated rings. The predicted molar refractivity (Wildman–Crippen MR) is 65.2 cm³/mol. The van der Waals surface area contributed by atoms with E-state index in [-0.39, 0.29) is 6.10 Å². The molecule has 1 N–H and O–H groups in total. The SMILES string of the molecule is Cc1cccc(CC2CC(C)CCC2O)n1. The van der Waals surface area contributed by atoms with Gasteiger partial charge in [0.1, 0.15) is 0 Å². The number of hydrogen-bond donors (Lipinski definition) is 1. The van der Waals surface area contributed by atoms with E-state index in [1.54, 1.807) is 0 Å². The van der Waals surface area contributed by atoms with Crippen LogP contribution in [0.5, 0.6) is 0 Å². The monoisotopic (exact) mass is 219 g/mol. The van der Waals surface area contributed by atoms with Crippen LogP contribution < -0.4 is 0 Å². The third-order valence-corrected chi connectivity index (χ3v) is 3.62. The molecule has 1 aromatic heterocycles. The van der Waals surface area contributed by atoms with Crippen LogP contribution >= 0.6 is 0 Å². The lowest BCUT2D eigenvalue weighted by atomic mass is 9.78. The zero-order valence-corrected chi connectivity index (χ0v) is 10.2. The Hall–Kier alpha value is -0.890. The minimum Gasteiger partial charge on any atom is -0.393 e. The van der Waals surface area contributed by atoms with Gasteiger partial charge in [-0.1, -0.05) is 13.0 Å². The van der Waals surface area contributed by atoms with E-state index in [0.717, 1.165) is 36.6 Å². The van der Waals surface area contributed by atoms with E-state index >= 15 is 0 Å². The molecule has 0 radical (unpaired) electrons. The second-order valence-electron chi connectivity index (χ2n) is 5.22. The lowest BCUT2D eigenvalue weighted by Crippen LogP contribution is -2.29. The highest BCUT2D eigenvalue weighted by Crippen LogP contribution is 2.31. The van der Waals surface area contributed by atoms with Crippen LogP contribution in [0.25, 0.3) is 0 Å². The largest absolute Gasteiger partial charge is 0.393 e. The maximum Gasteiger partial charge on any atom is 0.0572 e. The van der Waals surface area contributed by atoms with Gasteiger partial charge in [-0.2, -0.15) is 0 Å². The second kappa shape index (κ2) is 4.96. The number of aryl methyl sites for hydroxylation is 1. The van der Waals surface area contributed by atoms with Gasteiger partial charge in [-0.3, -0.25) is 4.98 Å². The molecule has 1 saturated carbocycles. The zero-order chi connectivity index (χ0) is 11.5. The summed E-state index contributed by atoms with van der Waals surface area (Å²) < 4.78 is 0.